The van der Waals surface area contributed by atoms with E-state index in [-0.39, 0.29) is 11.7 Å². The van der Waals surface area contributed by atoms with Crippen LogP contribution in [0.25, 0.3) is 0 Å². The molecule has 150 valence electrons. The first-order valence-electron chi connectivity index (χ1n) is 9.18. The van der Waals surface area contributed by atoms with Crippen molar-refractivity contribution in [2.75, 3.05) is 11.9 Å². The highest BCUT2D eigenvalue weighted by atomic mass is 32.1. The van der Waals surface area contributed by atoms with Gasteiger partial charge in [0, 0.05) is 36.5 Å². The van der Waals surface area contributed by atoms with E-state index in [1.54, 1.807) is 0 Å². The first-order chi connectivity index (χ1) is 14.1. The third kappa shape index (κ3) is 4.96. The minimum atomic E-state index is -2.89. The molecule has 3 aromatic rings. The largest absolute Gasteiger partial charge is 0.435 e. The zero-order valence-electron chi connectivity index (χ0n) is 15.5. The van der Waals surface area contributed by atoms with E-state index in [1.807, 2.05) is 18.2 Å². The summed E-state index contributed by atoms with van der Waals surface area (Å²) in [6.45, 7) is -0.285. The molecule has 0 fully saturated rings. The number of nitrogens with zero attached hydrogens (tertiary/aromatic N) is 2. The van der Waals surface area contributed by atoms with E-state index in [0.29, 0.717) is 10.7 Å². The standard InChI is InChI=1S/C21H19F2N3O2S/c22-20(23)28-16-8-6-15(7-9-16)19(27)25-21-24-17-10-11-26(13-18(17)29-21)12-14-4-2-1-3-5-14/h1-9,20H,10-13H2,(H,24,25,27). The molecule has 0 radical (unpaired) electrons. The van der Waals surface area contributed by atoms with Gasteiger partial charge in [0.25, 0.3) is 5.91 Å². The fourth-order valence-corrected chi connectivity index (χ4v) is 4.28. The molecular weight excluding hydrogens is 396 g/mol. The lowest BCUT2D eigenvalue weighted by Crippen LogP contribution is -2.29. The van der Waals surface area contributed by atoms with Crippen LogP contribution in [0.15, 0.2) is 54.6 Å². The highest BCUT2D eigenvalue weighted by molar-refractivity contribution is 7.15. The molecule has 2 aromatic carbocycles. The summed E-state index contributed by atoms with van der Waals surface area (Å²) in [7, 11) is 0. The Morgan fingerprint density at radius 2 is 1.93 bits per heavy atom. The normalized spacial score (nSPS) is 13.9. The third-order valence-electron chi connectivity index (χ3n) is 4.62. The first kappa shape index (κ1) is 19.5. The lowest BCUT2D eigenvalue weighted by atomic mass is 10.1. The molecule has 1 amide bonds. The van der Waals surface area contributed by atoms with Crippen LogP contribution in [-0.2, 0) is 19.5 Å². The minimum Gasteiger partial charge on any atom is -0.435 e. The van der Waals surface area contributed by atoms with Gasteiger partial charge in [-0.05, 0) is 29.8 Å². The number of hydrogen-bond acceptors (Lipinski definition) is 5. The van der Waals surface area contributed by atoms with Gasteiger partial charge in [0.15, 0.2) is 5.13 Å². The van der Waals surface area contributed by atoms with E-state index in [2.05, 4.69) is 32.1 Å². The van der Waals surface area contributed by atoms with Crippen molar-refractivity contribution in [3.63, 3.8) is 0 Å². The molecule has 0 spiro atoms. The molecule has 0 saturated carbocycles. The van der Waals surface area contributed by atoms with E-state index in [0.717, 1.165) is 36.6 Å². The second kappa shape index (κ2) is 8.67. The van der Waals surface area contributed by atoms with Gasteiger partial charge in [0.2, 0.25) is 0 Å². The van der Waals surface area contributed by atoms with Crippen LogP contribution >= 0.6 is 11.3 Å². The zero-order valence-corrected chi connectivity index (χ0v) is 16.3. The average molecular weight is 415 g/mol. The number of aromatic nitrogens is 1. The van der Waals surface area contributed by atoms with E-state index in [9.17, 15) is 13.6 Å². The number of hydrogen-bond donors (Lipinski definition) is 1. The van der Waals surface area contributed by atoms with Crippen molar-refractivity contribution in [3.8, 4) is 5.75 Å². The van der Waals surface area contributed by atoms with Crippen LogP contribution in [0.4, 0.5) is 13.9 Å². The molecule has 4 rings (SSSR count). The van der Waals surface area contributed by atoms with Gasteiger partial charge in [0.1, 0.15) is 5.75 Å². The summed E-state index contributed by atoms with van der Waals surface area (Å²) in [4.78, 5) is 20.5. The first-order valence-corrected chi connectivity index (χ1v) is 9.99. The monoisotopic (exact) mass is 415 g/mol. The number of halogens is 2. The van der Waals surface area contributed by atoms with Crippen LogP contribution in [0, 0.1) is 0 Å². The van der Waals surface area contributed by atoms with Crippen molar-refractivity contribution in [1.29, 1.82) is 0 Å². The highest BCUT2D eigenvalue weighted by Gasteiger charge is 2.21. The number of anilines is 1. The topological polar surface area (TPSA) is 54.5 Å². The number of nitrogens with one attached hydrogen (secondary N) is 1. The van der Waals surface area contributed by atoms with Gasteiger partial charge in [-0.3, -0.25) is 15.0 Å². The molecule has 8 heteroatoms. The quantitative estimate of drug-likeness (QED) is 0.642. The number of alkyl halides is 2. The average Bonchev–Trinajstić information content (AvgIpc) is 3.10. The van der Waals surface area contributed by atoms with Crippen LogP contribution in [0.1, 0.15) is 26.5 Å². The second-order valence-electron chi connectivity index (χ2n) is 6.69. The highest BCUT2D eigenvalue weighted by Crippen LogP contribution is 2.29. The summed E-state index contributed by atoms with van der Waals surface area (Å²) in [6.07, 6.45) is 0.841. The molecule has 5 nitrogen and oxygen atoms in total. The van der Waals surface area contributed by atoms with Crippen molar-refractivity contribution in [2.45, 2.75) is 26.1 Å². The maximum absolute atomic E-state index is 12.4. The third-order valence-corrected chi connectivity index (χ3v) is 5.62. The van der Waals surface area contributed by atoms with E-state index >= 15 is 0 Å². The van der Waals surface area contributed by atoms with Gasteiger partial charge < -0.3 is 4.74 Å². The lowest BCUT2D eigenvalue weighted by molar-refractivity contribution is -0.0498. The van der Waals surface area contributed by atoms with Crippen LogP contribution < -0.4 is 10.1 Å². The predicted molar refractivity (Wildman–Crippen MR) is 107 cm³/mol. The number of amides is 1. The Balaban J connectivity index is 1.38. The van der Waals surface area contributed by atoms with Gasteiger partial charge in [-0.25, -0.2) is 4.98 Å². The summed E-state index contributed by atoms with van der Waals surface area (Å²) in [5, 5.41) is 3.35. The molecule has 1 aromatic heterocycles. The molecule has 0 atom stereocenters. The second-order valence-corrected chi connectivity index (χ2v) is 7.78. The summed E-state index contributed by atoms with van der Waals surface area (Å²) in [6, 6.07) is 15.9. The molecule has 2 heterocycles. The molecule has 29 heavy (non-hydrogen) atoms. The molecule has 1 aliphatic heterocycles. The van der Waals surface area contributed by atoms with Gasteiger partial charge in [-0.1, -0.05) is 30.3 Å². The molecule has 0 saturated heterocycles. The Kier molecular flexibility index (Phi) is 5.82. The van der Waals surface area contributed by atoms with Crippen LogP contribution in [0.2, 0.25) is 0 Å². The Labute approximate surface area is 171 Å². The van der Waals surface area contributed by atoms with Crippen molar-refractivity contribution in [2.24, 2.45) is 0 Å². The van der Waals surface area contributed by atoms with Gasteiger partial charge in [0.05, 0.1) is 5.69 Å². The molecule has 0 unspecified atom stereocenters. The Hall–Kier alpha value is -2.84. The number of rotatable bonds is 6. The Bertz CT molecular complexity index is 977. The number of ether oxygens (including phenoxy) is 1. The van der Waals surface area contributed by atoms with Crippen LogP contribution in [-0.4, -0.2) is 28.9 Å². The van der Waals surface area contributed by atoms with E-state index in [1.165, 1.54) is 41.2 Å². The van der Waals surface area contributed by atoms with Crippen molar-refractivity contribution >= 4 is 22.4 Å². The molecule has 0 aliphatic carbocycles. The summed E-state index contributed by atoms with van der Waals surface area (Å²) >= 11 is 1.48. The van der Waals surface area contributed by atoms with Crippen molar-refractivity contribution in [1.82, 2.24) is 9.88 Å². The van der Waals surface area contributed by atoms with Crippen molar-refractivity contribution in [3.05, 3.63) is 76.3 Å². The molecule has 0 bridgehead atoms. The zero-order chi connectivity index (χ0) is 20.2. The Morgan fingerprint density at radius 3 is 2.66 bits per heavy atom. The smallest absolute Gasteiger partial charge is 0.387 e. The number of benzene rings is 2. The maximum atomic E-state index is 12.4. The van der Waals surface area contributed by atoms with Gasteiger partial charge in [-0.2, -0.15) is 8.78 Å². The number of fused-ring (bicyclic) bond motifs is 1. The summed E-state index contributed by atoms with van der Waals surface area (Å²) in [5.41, 5.74) is 2.65. The minimum absolute atomic E-state index is 0.0137. The fraction of sp³-hybridized carbons (Fsp3) is 0.238. The number of carbonyl (C=O) groups excluding carboxylic acids is 1. The predicted octanol–water partition coefficient (Wildman–Crippen LogP) is 4.56. The van der Waals surface area contributed by atoms with Gasteiger partial charge in [-0.15, -0.1) is 11.3 Å². The van der Waals surface area contributed by atoms with Crippen LogP contribution in [0.5, 0.6) is 5.75 Å². The fourth-order valence-electron chi connectivity index (χ4n) is 3.24. The maximum Gasteiger partial charge on any atom is 0.387 e. The van der Waals surface area contributed by atoms with Gasteiger partial charge >= 0.3 is 6.61 Å². The molecule has 1 N–H and O–H groups in total. The lowest BCUT2D eigenvalue weighted by Gasteiger charge is -2.25. The molecule has 1 aliphatic rings. The number of thiazole rings is 1. The van der Waals surface area contributed by atoms with Crippen molar-refractivity contribution < 1.29 is 18.3 Å². The SMILES string of the molecule is O=C(Nc1nc2c(s1)CN(Cc1ccccc1)CC2)c1ccc(OC(F)F)cc1. The summed E-state index contributed by atoms with van der Waals surface area (Å²) < 4.78 is 28.7. The number of carbonyl (C=O) groups is 1. The summed E-state index contributed by atoms with van der Waals surface area (Å²) in [5.74, 6) is -0.319. The molecular formula is C21H19F2N3O2S. The van der Waals surface area contributed by atoms with Crippen LogP contribution in [0.3, 0.4) is 0 Å². The van der Waals surface area contributed by atoms with E-state index in [4.69, 9.17) is 0 Å². The van der Waals surface area contributed by atoms with E-state index < -0.39 is 6.61 Å². The Morgan fingerprint density at radius 1 is 1.17 bits per heavy atom.